The van der Waals surface area contributed by atoms with Crippen LogP contribution in [0, 0.1) is 10.1 Å². The summed E-state index contributed by atoms with van der Waals surface area (Å²) < 4.78 is 0. The van der Waals surface area contributed by atoms with E-state index in [2.05, 4.69) is 10.2 Å². The molecule has 5 nitrogen and oxygen atoms in total. The summed E-state index contributed by atoms with van der Waals surface area (Å²) in [5, 5.41) is 17.8. The molecule has 0 saturated heterocycles. The Morgan fingerprint density at radius 1 is 1.58 bits per heavy atom. The highest BCUT2D eigenvalue weighted by Gasteiger charge is 2.21. The standard InChI is InChI=1S/C7H5N3O2/c11-10(12)6-1-2-7-5(3-6)4-8-9-7/h1-4,7H/t7-/m0/s1. The Hall–Kier alpha value is -1.78. The van der Waals surface area contributed by atoms with E-state index in [1.165, 1.54) is 18.4 Å². The minimum absolute atomic E-state index is 0.0878. The molecule has 0 spiro atoms. The van der Waals surface area contributed by atoms with E-state index in [1.54, 1.807) is 6.08 Å². The van der Waals surface area contributed by atoms with E-state index in [0.29, 0.717) is 0 Å². The molecule has 12 heavy (non-hydrogen) atoms. The van der Waals surface area contributed by atoms with E-state index >= 15 is 0 Å². The van der Waals surface area contributed by atoms with E-state index in [4.69, 9.17) is 0 Å². The van der Waals surface area contributed by atoms with Crippen LogP contribution in [0.1, 0.15) is 0 Å². The van der Waals surface area contributed by atoms with Crippen molar-refractivity contribution >= 4 is 0 Å². The Bertz CT molecular complexity index is 352. The number of fused-ring (bicyclic) bond motifs is 1. The van der Waals surface area contributed by atoms with E-state index in [-0.39, 0.29) is 11.7 Å². The molecule has 1 aliphatic carbocycles. The highest BCUT2D eigenvalue weighted by atomic mass is 16.6. The molecule has 5 heteroatoms. The molecule has 0 saturated carbocycles. The van der Waals surface area contributed by atoms with Crippen LogP contribution >= 0.6 is 0 Å². The van der Waals surface area contributed by atoms with Crippen LogP contribution in [-0.4, -0.2) is 11.0 Å². The molecule has 0 aromatic heterocycles. The molecule has 0 N–H and O–H groups in total. The molecule has 2 aliphatic rings. The summed E-state index contributed by atoms with van der Waals surface area (Å²) >= 11 is 0. The summed E-state index contributed by atoms with van der Waals surface area (Å²) in [7, 11) is 0. The molecule has 0 unspecified atom stereocenters. The van der Waals surface area contributed by atoms with Gasteiger partial charge in [0.15, 0.2) is 0 Å². The summed E-state index contributed by atoms with van der Waals surface area (Å²) in [5.74, 6) is 0. The van der Waals surface area contributed by atoms with Crippen molar-refractivity contribution in [1.82, 2.24) is 0 Å². The predicted octanol–water partition coefficient (Wildman–Crippen LogP) is 1.44. The topological polar surface area (TPSA) is 67.9 Å². The smallest absolute Gasteiger partial charge is 0.258 e. The van der Waals surface area contributed by atoms with Crippen LogP contribution in [0.25, 0.3) is 0 Å². The van der Waals surface area contributed by atoms with Gasteiger partial charge in [-0.15, -0.1) is 0 Å². The lowest BCUT2D eigenvalue weighted by molar-refractivity contribution is -0.419. The van der Waals surface area contributed by atoms with Gasteiger partial charge in [-0.05, 0) is 6.08 Å². The average molecular weight is 163 g/mol. The van der Waals surface area contributed by atoms with E-state index < -0.39 is 4.92 Å². The van der Waals surface area contributed by atoms with Gasteiger partial charge in [0.25, 0.3) is 5.70 Å². The lowest BCUT2D eigenvalue weighted by atomic mass is 10.0. The number of nitro groups is 1. The van der Waals surface area contributed by atoms with Gasteiger partial charge in [-0.1, -0.05) is 0 Å². The number of nitrogens with zero attached hydrogens (tertiary/aromatic N) is 3. The van der Waals surface area contributed by atoms with Crippen molar-refractivity contribution in [1.29, 1.82) is 0 Å². The fraction of sp³-hybridized carbons (Fsp3) is 0.143. The first kappa shape index (κ1) is 6.90. The fourth-order valence-electron chi connectivity index (χ4n) is 1.11. The van der Waals surface area contributed by atoms with Crippen LogP contribution < -0.4 is 0 Å². The maximum Gasteiger partial charge on any atom is 0.269 e. The van der Waals surface area contributed by atoms with Crippen molar-refractivity contribution in [3.8, 4) is 0 Å². The quantitative estimate of drug-likeness (QED) is 0.433. The third-order valence-corrected chi connectivity index (χ3v) is 1.71. The minimum atomic E-state index is -0.425. The van der Waals surface area contributed by atoms with Crippen molar-refractivity contribution in [2.45, 2.75) is 6.04 Å². The van der Waals surface area contributed by atoms with Crippen molar-refractivity contribution in [2.24, 2.45) is 10.2 Å². The molecule has 2 rings (SSSR count). The monoisotopic (exact) mass is 163 g/mol. The lowest BCUT2D eigenvalue weighted by Crippen LogP contribution is -2.07. The third kappa shape index (κ3) is 0.952. The second-order valence-electron chi connectivity index (χ2n) is 2.49. The first-order chi connectivity index (χ1) is 5.77. The van der Waals surface area contributed by atoms with Crippen LogP contribution in [0.3, 0.4) is 0 Å². The first-order valence-corrected chi connectivity index (χ1v) is 3.42. The van der Waals surface area contributed by atoms with E-state index in [0.717, 1.165) is 5.57 Å². The van der Waals surface area contributed by atoms with Gasteiger partial charge in [0.05, 0.1) is 11.1 Å². The molecule has 1 heterocycles. The van der Waals surface area contributed by atoms with Crippen molar-refractivity contribution in [3.63, 3.8) is 0 Å². The summed E-state index contributed by atoms with van der Waals surface area (Å²) in [4.78, 5) is 9.92. The van der Waals surface area contributed by atoms with Gasteiger partial charge in [-0.25, -0.2) is 0 Å². The van der Waals surface area contributed by atoms with Gasteiger partial charge in [0.1, 0.15) is 6.04 Å². The molecule has 0 fully saturated rings. The summed E-state index contributed by atoms with van der Waals surface area (Å²) in [6.07, 6.45) is 6.15. The third-order valence-electron chi connectivity index (χ3n) is 1.71. The zero-order valence-electron chi connectivity index (χ0n) is 6.04. The molecule has 0 aromatic rings. The molecule has 0 aromatic carbocycles. The zero-order valence-corrected chi connectivity index (χ0v) is 6.04. The molecule has 0 amide bonds. The number of rotatable bonds is 1. The molecular weight excluding hydrogens is 158 g/mol. The zero-order chi connectivity index (χ0) is 8.55. The Labute approximate surface area is 67.9 Å². The van der Waals surface area contributed by atoms with Gasteiger partial charge in [-0.3, -0.25) is 10.1 Å². The number of azo groups is 1. The van der Waals surface area contributed by atoms with Crippen LogP contribution in [-0.2, 0) is 0 Å². The van der Waals surface area contributed by atoms with Gasteiger partial charge in [-0.2, -0.15) is 10.2 Å². The maximum absolute atomic E-state index is 10.3. The molecule has 0 radical (unpaired) electrons. The Morgan fingerprint density at radius 2 is 2.42 bits per heavy atom. The van der Waals surface area contributed by atoms with Crippen molar-refractivity contribution < 1.29 is 4.92 Å². The number of allylic oxidation sites excluding steroid dienone is 1. The highest BCUT2D eigenvalue weighted by Crippen LogP contribution is 2.23. The summed E-state index contributed by atoms with van der Waals surface area (Å²) in [5.41, 5.74) is 0.869. The molecule has 0 bridgehead atoms. The lowest BCUT2D eigenvalue weighted by Gasteiger charge is -2.05. The second kappa shape index (κ2) is 2.37. The average Bonchev–Trinajstić information content (AvgIpc) is 2.49. The van der Waals surface area contributed by atoms with Crippen molar-refractivity contribution in [3.05, 3.63) is 45.8 Å². The largest absolute Gasteiger partial charge is 0.269 e. The van der Waals surface area contributed by atoms with E-state index in [9.17, 15) is 10.1 Å². The van der Waals surface area contributed by atoms with Crippen LogP contribution in [0.5, 0.6) is 0 Å². The van der Waals surface area contributed by atoms with Crippen LogP contribution in [0.4, 0.5) is 0 Å². The molecule has 60 valence electrons. The normalized spacial score (nSPS) is 24.8. The molecule has 1 atom stereocenters. The second-order valence-corrected chi connectivity index (χ2v) is 2.49. The SMILES string of the molecule is O=[N+]([O-])C1=CC2=CN=N[C@H]2C=C1. The van der Waals surface area contributed by atoms with Gasteiger partial charge < -0.3 is 0 Å². The summed E-state index contributed by atoms with van der Waals surface area (Å²) in [6.45, 7) is 0. The van der Waals surface area contributed by atoms with Crippen LogP contribution in [0.2, 0.25) is 0 Å². The Morgan fingerprint density at radius 3 is 3.17 bits per heavy atom. The highest BCUT2D eigenvalue weighted by molar-refractivity contribution is 5.40. The fourth-order valence-corrected chi connectivity index (χ4v) is 1.11. The Balaban J connectivity index is 2.34. The number of hydrogen-bond acceptors (Lipinski definition) is 4. The van der Waals surface area contributed by atoms with Crippen molar-refractivity contribution in [2.75, 3.05) is 0 Å². The van der Waals surface area contributed by atoms with Gasteiger partial charge >= 0.3 is 0 Å². The Kier molecular flexibility index (Phi) is 1.36. The maximum atomic E-state index is 10.3. The summed E-state index contributed by atoms with van der Waals surface area (Å²) in [6, 6.07) is -0.103. The van der Waals surface area contributed by atoms with E-state index in [1.807, 2.05) is 0 Å². The van der Waals surface area contributed by atoms with Gasteiger partial charge in [0.2, 0.25) is 0 Å². The predicted molar refractivity (Wildman–Crippen MR) is 40.9 cm³/mol. The number of hydrogen-bond donors (Lipinski definition) is 0. The van der Waals surface area contributed by atoms with Crippen LogP contribution in [0.15, 0.2) is 45.9 Å². The first-order valence-electron chi connectivity index (χ1n) is 3.42. The molecule has 1 aliphatic heterocycles. The molecular formula is C7H5N3O2. The van der Waals surface area contributed by atoms with Gasteiger partial charge in [0, 0.05) is 17.7 Å². The minimum Gasteiger partial charge on any atom is -0.258 e.